The summed E-state index contributed by atoms with van der Waals surface area (Å²) in [6, 6.07) is -1.04. The summed E-state index contributed by atoms with van der Waals surface area (Å²) < 4.78 is 4.88. The number of aromatic nitrogens is 2. The number of hydrogen-bond donors (Lipinski definition) is 2. The molecular weight excluding hydrogens is 256 g/mol. The number of nitrogens with two attached hydrogens (primary N) is 1. The van der Waals surface area contributed by atoms with Gasteiger partial charge in [-0.2, -0.15) is 4.98 Å². The molecule has 0 aliphatic carbocycles. The van der Waals surface area contributed by atoms with Crippen LogP contribution < -0.4 is 11.1 Å². The van der Waals surface area contributed by atoms with Crippen molar-refractivity contribution < 1.29 is 9.32 Å². The first-order valence-electron chi connectivity index (χ1n) is 5.63. The molecule has 2 atom stereocenters. The van der Waals surface area contributed by atoms with E-state index in [0.717, 1.165) is 0 Å². The Bertz CT molecular complexity index is 432. The molecule has 0 radical (unpaired) electrons. The molecule has 18 heavy (non-hydrogen) atoms. The van der Waals surface area contributed by atoms with Gasteiger partial charge in [-0.25, -0.2) is 0 Å². The topological polar surface area (TPSA) is 94.0 Å². The predicted octanol–water partition coefficient (Wildman–Crippen LogP) is 1.42. The van der Waals surface area contributed by atoms with Crippen LogP contribution in [0.25, 0.3) is 0 Å². The predicted molar refractivity (Wildman–Crippen MR) is 67.8 cm³/mol. The van der Waals surface area contributed by atoms with Gasteiger partial charge in [-0.3, -0.25) is 4.79 Å². The maximum absolute atomic E-state index is 11.8. The molecule has 6 nitrogen and oxygen atoms in total. The minimum atomic E-state index is -0.725. The molecule has 0 saturated carbocycles. The smallest absolute Gasteiger partial charge is 0.237 e. The fourth-order valence-electron chi connectivity index (χ4n) is 1.42. The van der Waals surface area contributed by atoms with Gasteiger partial charge in [0, 0.05) is 18.4 Å². The molecule has 0 fully saturated rings. The van der Waals surface area contributed by atoms with E-state index in [9.17, 15) is 4.79 Å². The Kier molecular flexibility index (Phi) is 5.30. The van der Waals surface area contributed by atoms with Crippen molar-refractivity contribution in [2.24, 2.45) is 5.73 Å². The maximum atomic E-state index is 11.8. The standard InChI is InChI=1S/C11H17ClN4O2/c1-4-9(10-14-7(3)18-16-10)15-11(17)8(13)5-6(2)12/h8-9H,2,4-5,13H2,1,3H3,(H,15,17). The summed E-state index contributed by atoms with van der Waals surface area (Å²) in [4.78, 5) is 15.9. The number of rotatable bonds is 6. The van der Waals surface area contributed by atoms with Gasteiger partial charge < -0.3 is 15.6 Å². The van der Waals surface area contributed by atoms with Crippen LogP contribution in [0.3, 0.4) is 0 Å². The Hall–Kier alpha value is -1.40. The molecule has 0 aromatic carbocycles. The molecule has 100 valence electrons. The highest BCUT2D eigenvalue weighted by Crippen LogP contribution is 2.14. The molecule has 0 saturated heterocycles. The average molecular weight is 273 g/mol. The normalized spacial score (nSPS) is 14.0. The summed E-state index contributed by atoms with van der Waals surface area (Å²) in [6.07, 6.45) is 0.869. The maximum Gasteiger partial charge on any atom is 0.237 e. The summed E-state index contributed by atoms with van der Waals surface area (Å²) in [5, 5.41) is 6.88. The minimum absolute atomic E-state index is 0.231. The van der Waals surface area contributed by atoms with Crippen LogP contribution in [0, 0.1) is 6.92 Å². The zero-order valence-corrected chi connectivity index (χ0v) is 11.2. The van der Waals surface area contributed by atoms with Crippen molar-refractivity contribution in [1.29, 1.82) is 0 Å². The van der Waals surface area contributed by atoms with E-state index in [2.05, 4.69) is 22.0 Å². The second kappa shape index (κ2) is 6.51. The first-order chi connectivity index (χ1) is 8.43. The summed E-state index contributed by atoms with van der Waals surface area (Å²) in [7, 11) is 0. The highest BCUT2D eigenvalue weighted by atomic mass is 35.5. The third-order valence-electron chi connectivity index (χ3n) is 2.36. The van der Waals surface area contributed by atoms with Crippen molar-refractivity contribution in [2.75, 3.05) is 0 Å². The second-order valence-corrected chi connectivity index (χ2v) is 4.50. The van der Waals surface area contributed by atoms with E-state index in [1.807, 2.05) is 6.92 Å². The zero-order chi connectivity index (χ0) is 13.7. The van der Waals surface area contributed by atoms with E-state index in [4.69, 9.17) is 21.9 Å². The van der Waals surface area contributed by atoms with Crippen molar-refractivity contribution in [3.63, 3.8) is 0 Å². The van der Waals surface area contributed by atoms with E-state index >= 15 is 0 Å². The summed E-state index contributed by atoms with van der Waals surface area (Å²) >= 11 is 5.61. The number of nitrogens with one attached hydrogen (secondary N) is 1. The van der Waals surface area contributed by atoms with Gasteiger partial charge in [0.2, 0.25) is 11.8 Å². The fourth-order valence-corrected chi connectivity index (χ4v) is 1.58. The highest BCUT2D eigenvalue weighted by Gasteiger charge is 2.21. The Morgan fingerprint density at radius 2 is 2.33 bits per heavy atom. The van der Waals surface area contributed by atoms with Crippen molar-refractivity contribution in [3.05, 3.63) is 23.3 Å². The van der Waals surface area contributed by atoms with Crippen LogP contribution in [0.2, 0.25) is 0 Å². The van der Waals surface area contributed by atoms with E-state index in [1.54, 1.807) is 6.92 Å². The van der Waals surface area contributed by atoms with E-state index in [0.29, 0.717) is 23.2 Å². The van der Waals surface area contributed by atoms with Crippen LogP contribution in [-0.2, 0) is 4.79 Å². The third kappa shape index (κ3) is 4.12. The lowest BCUT2D eigenvalue weighted by Gasteiger charge is -2.16. The van der Waals surface area contributed by atoms with Gasteiger partial charge in [0.1, 0.15) is 0 Å². The van der Waals surface area contributed by atoms with Crippen LogP contribution in [0.4, 0.5) is 0 Å². The average Bonchev–Trinajstić information content (AvgIpc) is 2.71. The van der Waals surface area contributed by atoms with Crippen molar-refractivity contribution in [2.45, 2.75) is 38.8 Å². The number of hydrogen-bond acceptors (Lipinski definition) is 5. The lowest BCUT2D eigenvalue weighted by atomic mass is 10.1. The van der Waals surface area contributed by atoms with E-state index in [-0.39, 0.29) is 18.4 Å². The molecule has 0 aliphatic heterocycles. The van der Waals surface area contributed by atoms with Gasteiger partial charge in [0.25, 0.3) is 0 Å². The van der Waals surface area contributed by atoms with Gasteiger partial charge in [-0.15, -0.1) is 0 Å². The SMILES string of the molecule is C=C(Cl)CC(N)C(=O)NC(CC)c1noc(C)n1. The van der Waals surface area contributed by atoms with Gasteiger partial charge in [0.05, 0.1) is 12.1 Å². The Morgan fingerprint density at radius 3 is 2.78 bits per heavy atom. The molecule has 2 unspecified atom stereocenters. The number of carbonyl (C=O) groups is 1. The van der Waals surface area contributed by atoms with Crippen LogP contribution in [0.5, 0.6) is 0 Å². The molecule has 0 bridgehead atoms. The lowest BCUT2D eigenvalue weighted by molar-refractivity contribution is -0.123. The molecule has 3 N–H and O–H groups in total. The third-order valence-corrected chi connectivity index (χ3v) is 2.51. The molecular formula is C11H17ClN4O2. The van der Waals surface area contributed by atoms with Crippen molar-refractivity contribution in [3.8, 4) is 0 Å². The van der Waals surface area contributed by atoms with Crippen LogP contribution >= 0.6 is 11.6 Å². The molecule has 1 heterocycles. The second-order valence-electron chi connectivity index (χ2n) is 3.97. The van der Waals surface area contributed by atoms with Crippen molar-refractivity contribution in [1.82, 2.24) is 15.5 Å². The van der Waals surface area contributed by atoms with Gasteiger partial charge in [-0.1, -0.05) is 30.3 Å². The Morgan fingerprint density at radius 1 is 1.67 bits per heavy atom. The van der Waals surface area contributed by atoms with Crippen molar-refractivity contribution >= 4 is 17.5 Å². The monoisotopic (exact) mass is 272 g/mol. The summed E-state index contributed by atoms with van der Waals surface area (Å²) in [5.74, 6) is 0.586. The van der Waals surface area contributed by atoms with E-state index < -0.39 is 6.04 Å². The fraction of sp³-hybridized carbons (Fsp3) is 0.545. The van der Waals surface area contributed by atoms with Crippen LogP contribution in [0.15, 0.2) is 16.1 Å². The molecule has 0 spiro atoms. The molecule has 0 aliphatic rings. The first kappa shape index (κ1) is 14.7. The molecule has 1 aromatic heterocycles. The first-order valence-corrected chi connectivity index (χ1v) is 6.01. The molecule has 7 heteroatoms. The number of amides is 1. The van der Waals surface area contributed by atoms with Crippen LogP contribution in [0.1, 0.15) is 37.5 Å². The van der Waals surface area contributed by atoms with Gasteiger partial charge >= 0.3 is 0 Å². The van der Waals surface area contributed by atoms with E-state index in [1.165, 1.54) is 0 Å². The number of halogens is 1. The number of carbonyl (C=O) groups excluding carboxylic acids is 1. The molecule has 1 aromatic rings. The Balaban J connectivity index is 2.63. The summed E-state index contributed by atoms with van der Waals surface area (Å²) in [6.45, 7) is 7.10. The Labute approximate surface area is 111 Å². The molecule has 1 amide bonds. The highest BCUT2D eigenvalue weighted by molar-refractivity contribution is 6.29. The number of aryl methyl sites for hydroxylation is 1. The van der Waals surface area contributed by atoms with Gasteiger partial charge in [0.15, 0.2) is 5.82 Å². The lowest BCUT2D eigenvalue weighted by Crippen LogP contribution is -2.42. The minimum Gasteiger partial charge on any atom is -0.345 e. The largest absolute Gasteiger partial charge is 0.345 e. The van der Waals surface area contributed by atoms with Crippen LogP contribution in [-0.4, -0.2) is 22.1 Å². The number of nitrogens with zero attached hydrogens (tertiary/aromatic N) is 2. The quantitative estimate of drug-likeness (QED) is 0.817. The summed E-state index contributed by atoms with van der Waals surface area (Å²) in [5.41, 5.74) is 5.68. The molecule has 1 rings (SSSR count). The van der Waals surface area contributed by atoms with Gasteiger partial charge in [-0.05, 0) is 6.42 Å². The zero-order valence-electron chi connectivity index (χ0n) is 10.4.